The summed E-state index contributed by atoms with van der Waals surface area (Å²) in [6.07, 6.45) is 0. The quantitative estimate of drug-likeness (QED) is 0.128. The van der Waals surface area contributed by atoms with Gasteiger partial charge in [-0.3, -0.25) is 0 Å². The van der Waals surface area contributed by atoms with Crippen molar-refractivity contribution in [3.05, 3.63) is 203 Å². The molecule has 5 heteroatoms. The van der Waals surface area contributed by atoms with Crippen molar-refractivity contribution in [2.24, 2.45) is 0 Å². The number of ether oxygens (including phenoxy) is 2. The highest BCUT2D eigenvalue weighted by atomic mass is 35.5. The molecule has 0 aliphatic heterocycles. The molecule has 0 amide bonds. The van der Waals surface area contributed by atoms with Gasteiger partial charge in [0, 0.05) is 44.5 Å². The first-order valence-corrected chi connectivity index (χ1v) is 22.0. The zero-order chi connectivity index (χ0) is 43.2. The van der Waals surface area contributed by atoms with Gasteiger partial charge < -0.3 is 14.0 Å². The Morgan fingerprint density at radius 2 is 0.683 bits per heavy atom. The van der Waals surface area contributed by atoms with Crippen LogP contribution in [0.25, 0.3) is 87.6 Å². The first kappa shape index (κ1) is 40.5. The van der Waals surface area contributed by atoms with E-state index in [4.69, 9.17) is 32.7 Å². The van der Waals surface area contributed by atoms with Crippen molar-refractivity contribution in [1.82, 2.24) is 0 Å². The summed E-state index contributed by atoms with van der Waals surface area (Å²) < 4.78 is 13.5. The molecule has 0 saturated carbocycles. The Kier molecular flexibility index (Phi) is 10.6. The maximum atomic E-state index is 7.59. The Bertz CT molecular complexity index is 3140. The number of benzene rings is 10. The van der Waals surface area contributed by atoms with E-state index >= 15 is 0 Å². The first-order chi connectivity index (χ1) is 30.7. The molecule has 0 fully saturated rings. The van der Waals surface area contributed by atoms with Crippen molar-refractivity contribution in [3.63, 3.8) is 0 Å². The molecule has 308 valence electrons. The van der Waals surface area contributed by atoms with Gasteiger partial charge in [0.15, 0.2) is 0 Å². The number of quaternary nitrogens is 1. The third-order valence-corrected chi connectivity index (χ3v) is 13.1. The van der Waals surface area contributed by atoms with Crippen LogP contribution < -0.4 is 9.47 Å². The van der Waals surface area contributed by atoms with E-state index in [1.165, 1.54) is 0 Å². The first-order valence-electron chi connectivity index (χ1n) is 21.3. The molecule has 10 aromatic rings. The van der Waals surface area contributed by atoms with Gasteiger partial charge in [0.2, 0.25) is 0 Å². The number of halogens is 2. The third kappa shape index (κ3) is 7.26. The van der Waals surface area contributed by atoms with Crippen LogP contribution in [0.5, 0.6) is 11.5 Å². The Hall–Kier alpha value is -6.62. The molecule has 0 atom stereocenters. The average Bonchev–Trinajstić information content (AvgIpc) is 3.31. The van der Waals surface area contributed by atoms with Gasteiger partial charge in [-0.15, -0.1) is 0 Å². The summed E-state index contributed by atoms with van der Waals surface area (Å²) in [7, 11) is 8.10. The summed E-state index contributed by atoms with van der Waals surface area (Å²) in [4.78, 5) is 0. The van der Waals surface area contributed by atoms with E-state index in [9.17, 15) is 0 Å². The Morgan fingerprint density at radius 3 is 1.03 bits per heavy atom. The van der Waals surface area contributed by atoms with Gasteiger partial charge in [-0.2, -0.15) is 0 Å². The van der Waals surface area contributed by atoms with E-state index in [-0.39, 0.29) is 0 Å². The SMILES string of the molecule is COc1c(-c2ccccc2)cc2ccccc2c1-c1c(C[N+](C)(C)Cc2c(Cl)cc3ccccc3c2-c2c(OC)c(-c3ccccc3)cc3ccccc23)c(Cl)cc2ccccc12. The van der Waals surface area contributed by atoms with Gasteiger partial charge in [0.25, 0.3) is 0 Å². The molecule has 0 N–H and O–H groups in total. The van der Waals surface area contributed by atoms with Crippen LogP contribution in [-0.4, -0.2) is 32.8 Å². The predicted octanol–water partition coefficient (Wildman–Crippen LogP) is 16.1. The molecule has 0 unspecified atom stereocenters. The lowest BCUT2D eigenvalue weighted by atomic mass is 9.85. The smallest absolute Gasteiger partial charge is 0.135 e. The van der Waals surface area contributed by atoms with Gasteiger partial charge in [-0.1, -0.05) is 181 Å². The minimum atomic E-state index is 0.535. The molecule has 3 nitrogen and oxygen atoms in total. The molecular weight excluding hydrogens is 814 g/mol. The molecule has 0 saturated heterocycles. The summed E-state index contributed by atoms with van der Waals surface area (Å²) in [6.45, 7) is 1.19. The molecule has 10 aromatic carbocycles. The van der Waals surface area contributed by atoms with Crippen LogP contribution in [-0.2, 0) is 13.1 Å². The molecule has 0 aliphatic carbocycles. The van der Waals surface area contributed by atoms with E-state index in [1.807, 2.05) is 12.1 Å². The second kappa shape index (κ2) is 16.6. The van der Waals surface area contributed by atoms with Gasteiger partial charge in [0.1, 0.15) is 24.6 Å². The minimum absolute atomic E-state index is 0.535. The van der Waals surface area contributed by atoms with Crippen LogP contribution in [0.2, 0.25) is 10.0 Å². The van der Waals surface area contributed by atoms with Crippen molar-refractivity contribution in [3.8, 4) is 56.0 Å². The fraction of sp³-hybridized carbons (Fsp3) is 0.103. The monoisotopic (exact) mass is 858 g/mol. The van der Waals surface area contributed by atoms with E-state index in [0.29, 0.717) is 27.6 Å². The molecule has 0 bridgehead atoms. The highest BCUT2D eigenvalue weighted by Crippen LogP contribution is 2.52. The minimum Gasteiger partial charge on any atom is -0.495 e. The summed E-state index contributed by atoms with van der Waals surface area (Å²) in [5.74, 6) is 1.63. The molecule has 10 rings (SSSR count). The van der Waals surface area contributed by atoms with Gasteiger partial charge in [-0.05, 0) is 78.5 Å². The Balaban J connectivity index is 1.21. The Labute approximate surface area is 378 Å². The van der Waals surface area contributed by atoms with Crippen LogP contribution in [0, 0.1) is 0 Å². The van der Waals surface area contributed by atoms with E-state index in [2.05, 4.69) is 184 Å². The normalized spacial score (nSPS) is 11.8. The van der Waals surface area contributed by atoms with E-state index in [0.717, 1.165) is 110 Å². The lowest BCUT2D eigenvalue weighted by Gasteiger charge is -2.33. The van der Waals surface area contributed by atoms with E-state index < -0.39 is 0 Å². The van der Waals surface area contributed by atoms with E-state index in [1.54, 1.807) is 14.2 Å². The summed E-state index contributed by atoms with van der Waals surface area (Å²) in [6, 6.07) is 64.0. The van der Waals surface area contributed by atoms with Crippen LogP contribution in [0.3, 0.4) is 0 Å². The zero-order valence-electron chi connectivity index (χ0n) is 35.8. The highest BCUT2D eigenvalue weighted by Gasteiger charge is 2.31. The number of hydrogen-bond donors (Lipinski definition) is 0. The molecule has 0 aliphatic rings. The summed E-state index contributed by atoms with van der Waals surface area (Å²) in [5.41, 5.74) is 10.5. The van der Waals surface area contributed by atoms with Crippen molar-refractivity contribution in [2.75, 3.05) is 28.3 Å². The lowest BCUT2D eigenvalue weighted by molar-refractivity contribution is -0.916. The number of hydrogen-bond acceptors (Lipinski definition) is 2. The molecule has 0 radical (unpaired) electrons. The third-order valence-electron chi connectivity index (χ3n) is 12.5. The number of methoxy groups -OCH3 is 2. The number of nitrogens with zero attached hydrogens (tertiary/aromatic N) is 1. The topological polar surface area (TPSA) is 18.5 Å². The maximum absolute atomic E-state index is 7.59. The van der Waals surface area contributed by atoms with Crippen molar-refractivity contribution in [2.45, 2.75) is 13.1 Å². The fourth-order valence-corrected chi connectivity index (χ4v) is 10.3. The molecule has 0 heterocycles. The van der Waals surface area contributed by atoms with Crippen LogP contribution in [0.4, 0.5) is 0 Å². The van der Waals surface area contributed by atoms with Crippen molar-refractivity contribution in [1.29, 1.82) is 0 Å². The number of fused-ring (bicyclic) bond motifs is 4. The second-order valence-electron chi connectivity index (χ2n) is 17.0. The summed E-state index contributed by atoms with van der Waals surface area (Å²) >= 11 is 15.2. The predicted molar refractivity (Wildman–Crippen MR) is 267 cm³/mol. The van der Waals surface area contributed by atoms with Crippen molar-refractivity contribution >= 4 is 66.3 Å². The Morgan fingerprint density at radius 1 is 0.381 bits per heavy atom. The van der Waals surface area contributed by atoms with Gasteiger partial charge in [0.05, 0.1) is 38.4 Å². The van der Waals surface area contributed by atoms with Crippen LogP contribution >= 0.6 is 23.2 Å². The molecular formula is C58H46Cl2NO2+. The van der Waals surface area contributed by atoms with Crippen LogP contribution in [0.1, 0.15) is 11.1 Å². The van der Waals surface area contributed by atoms with Crippen LogP contribution in [0.15, 0.2) is 182 Å². The highest BCUT2D eigenvalue weighted by molar-refractivity contribution is 6.34. The lowest BCUT2D eigenvalue weighted by Crippen LogP contribution is -2.38. The fourth-order valence-electron chi connectivity index (χ4n) is 9.75. The standard InChI is InChI=1S/C58H46Cl2NO2/c1-61(2,35-49-51(59)33-41-25-13-15-27-43(41)53(49)55-45-29-17-11-23-39(45)31-47(57(55)62-3)37-19-7-5-8-20-37)36-50-52(60)34-42-26-14-16-28-44(42)54(50)56-46-30-18-12-24-40(46)32-48(58(56)63-4)38-21-9-6-10-22-38/h5-34H,35-36H2,1-4H3/q+1. The van der Waals surface area contributed by atoms with Crippen molar-refractivity contribution < 1.29 is 14.0 Å². The average molecular weight is 860 g/mol. The van der Waals surface area contributed by atoms with Gasteiger partial charge in [-0.25, -0.2) is 0 Å². The summed E-state index contributed by atoms with van der Waals surface area (Å²) in [5, 5.41) is 10.2. The largest absolute Gasteiger partial charge is 0.495 e. The molecule has 63 heavy (non-hydrogen) atoms. The molecule has 0 aromatic heterocycles. The maximum Gasteiger partial charge on any atom is 0.135 e. The zero-order valence-corrected chi connectivity index (χ0v) is 37.3. The number of rotatable bonds is 10. The van der Waals surface area contributed by atoms with Gasteiger partial charge >= 0.3 is 0 Å². The molecule has 0 spiro atoms. The second-order valence-corrected chi connectivity index (χ2v) is 17.8.